The molecule has 1 aliphatic carbocycles. The number of benzene rings is 1. The Morgan fingerprint density at radius 2 is 1.89 bits per heavy atom. The van der Waals surface area contributed by atoms with Gasteiger partial charge in [-0.2, -0.15) is 10.2 Å². The third-order valence-electron chi connectivity index (χ3n) is 3.30. The van der Waals surface area contributed by atoms with E-state index in [1.807, 2.05) is 18.2 Å². The zero-order valence-electron chi connectivity index (χ0n) is 10.3. The van der Waals surface area contributed by atoms with Crippen LogP contribution in [0.5, 0.6) is 0 Å². The summed E-state index contributed by atoms with van der Waals surface area (Å²) in [7, 11) is 0. The van der Waals surface area contributed by atoms with E-state index in [0.717, 1.165) is 5.56 Å². The summed E-state index contributed by atoms with van der Waals surface area (Å²) >= 11 is 0. The van der Waals surface area contributed by atoms with Gasteiger partial charge in [-0.15, -0.1) is 0 Å². The van der Waals surface area contributed by atoms with Crippen molar-refractivity contribution in [3.63, 3.8) is 0 Å². The van der Waals surface area contributed by atoms with Gasteiger partial charge >= 0.3 is 0 Å². The number of nitrogens with zero attached hydrogens (tertiary/aromatic N) is 3. The SMILES string of the molecule is N#Cc1c(N)nc(N)nc1-c1ccccc1C1CC1. The zero-order chi connectivity index (χ0) is 13.4. The van der Waals surface area contributed by atoms with E-state index in [0.29, 0.717) is 17.2 Å². The van der Waals surface area contributed by atoms with Crippen LogP contribution in [0.25, 0.3) is 11.3 Å². The smallest absolute Gasteiger partial charge is 0.222 e. The minimum atomic E-state index is 0.0945. The van der Waals surface area contributed by atoms with Crippen LogP contribution >= 0.6 is 0 Å². The van der Waals surface area contributed by atoms with Gasteiger partial charge in [0, 0.05) is 5.56 Å². The van der Waals surface area contributed by atoms with Crippen molar-refractivity contribution in [1.29, 1.82) is 5.26 Å². The predicted octanol–water partition coefficient (Wildman–Crippen LogP) is 2.06. The second-order valence-corrected chi connectivity index (χ2v) is 4.66. The number of anilines is 2. The average molecular weight is 251 g/mol. The number of hydrogen-bond acceptors (Lipinski definition) is 5. The highest BCUT2D eigenvalue weighted by Gasteiger charge is 2.27. The maximum absolute atomic E-state index is 9.25. The Labute approximate surface area is 110 Å². The first kappa shape index (κ1) is 11.5. The van der Waals surface area contributed by atoms with Gasteiger partial charge in [-0.3, -0.25) is 0 Å². The van der Waals surface area contributed by atoms with E-state index < -0.39 is 0 Å². The Morgan fingerprint density at radius 1 is 1.16 bits per heavy atom. The molecule has 94 valence electrons. The lowest BCUT2D eigenvalue weighted by Gasteiger charge is -2.11. The summed E-state index contributed by atoms with van der Waals surface area (Å²) in [6, 6.07) is 10.0. The summed E-state index contributed by atoms with van der Waals surface area (Å²) < 4.78 is 0. The van der Waals surface area contributed by atoms with E-state index >= 15 is 0 Å². The summed E-state index contributed by atoms with van der Waals surface area (Å²) in [6.45, 7) is 0. The molecule has 19 heavy (non-hydrogen) atoms. The van der Waals surface area contributed by atoms with Crippen LogP contribution in [-0.4, -0.2) is 9.97 Å². The minimum Gasteiger partial charge on any atom is -0.382 e. The molecule has 0 amide bonds. The standard InChI is InChI=1S/C14H13N5/c15-7-11-12(18-14(17)19-13(11)16)10-4-2-1-3-9(10)8-5-6-8/h1-4,8H,5-6H2,(H4,16,17,18,19). The van der Waals surface area contributed by atoms with Gasteiger partial charge < -0.3 is 11.5 Å². The molecule has 2 aromatic rings. The summed E-state index contributed by atoms with van der Waals surface area (Å²) in [4.78, 5) is 8.05. The minimum absolute atomic E-state index is 0.0945. The van der Waals surface area contributed by atoms with Crippen molar-refractivity contribution in [1.82, 2.24) is 9.97 Å². The first-order valence-corrected chi connectivity index (χ1v) is 6.13. The molecule has 0 aliphatic heterocycles. The quantitative estimate of drug-likeness (QED) is 0.850. The topological polar surface area (TPSA) is 102 Å². The molecule has 0 bridgehead atoms. The van der Waals surface area contributed by atoms with Gasteiger partial charge in [0.2, 0.25) is 5.95 Å². The predicted molar refractivity (Wildman–Crippen MR) is 73.0 cm³/mol. The molecular formula is C14H13N5. The number of rotatable bonds is 2. The maximum Gasteiger partial charge on any atom is 0.222 e. The van der Waals surface area contributed by atoms with Gasteiger partial charge in [0.05, 0.1) is 5.69 Å². The lowest BCUT2D eigenvalue weighted by Crippen LogP contribution is -2.05. The van der Waals surface area contributed by atoms with Gasteiger partial charge in [0.15, 0.2) is 0 Å². The van der Waals surface area contributed by atoms with Crippen LogP contribution < -0.4 is 11.5 Å². The van der Waals surface area contributed by atoms with Crippen LogP contribution in [0, 0.1) is 11.3 Å². The molecule has 5 nitrogen and oxygen atoms in total. The van der Waals surface area contributed by atoms with E-state index in [2.05, 4.69) is 22.1 Å². The highest BCUT2D eigenvalue weighted by atomic mass is 15.0. The fourth-order valence-electron chi connectivity index (χ4n) is 2.26. The molecule has 1 aromatic heterocycles. The molecule has 4 N–H and O–H groups in total. The maximum atomic E-state index is 9.25. The van der Waals surface area contributed by atoms with E-state index in [1.165, 1.54) is 18.4 Å². The molecule has 0 spiro atoms. The van der Waals surface area contributed by atoms with Gasteiger partial charge in [-0.05, 0) is 24.3 Å². The Kier molecular flexibility index (Phi) is 2.57. The van der Waals surface area contributed by atoms with E-state index in [-0.39, 0.29) is 11.8 Å². The summed E-state index contributed by atoms with van der Waals surface area (Å²) in [5.74, 6) is 0.785. The molecule has 5 heteroatoms. The van der Waals surface area contributed by atoms with E-state index in [9.17, 15) is 5.26 Å². The summed E-state index contributed by atoms with van der Waals surface area (Å²) in [5.41, 5.74) is 14.4. The lowest BCUT2D eigenvalue weighted by molar-refractivity contribution is 1.11. The summed E-state index contributed by atoms with van der Waals surface area (Å²) in [6.07, 6.45) is 2.35. The number of nitrogen functional groups attached to an aromatic ring is 2. The monoisotopic (exact) mass is 251 g/mol. The number of hydrogen-bond donors (Lipinski definition) is 2. The van der Waals surface area contributed by atoms with Gasteiger partial charge in [-0.1, -0.05) is 24.3 Å². The Morgan fingerprint density at radius 3 is 2.58 bits per heavy atom. The molecule has 1 saturated carbocycles. The highest BCUT2D eigenvalue weighted by Crippen LogP contribution is 2.44. The Hall–Kier alpha value is -2.61. The number of nitriles is 1. The fraction of sp³-hybridized carbons (Fsp3) is 0.214. The zero-order valence-corrected chi connectivity index (χ0v) is 10.3. The molecule has 0 saturated heterocycles. The second kappa shape index (κ2) is 4.25. The van der Waals surface area contributed by atoms with Crippen LogP contribution in [0.15, 0.2) is 24.3 Å². The third kappa shape index (κ3) is 1.97. The van der Waals surface area contributed by atoms with Crippen molar-refractivity contribution in [2.45, 2.75) is 18.8 Å². The third-order valence-corrected chi connectivity index (χ3v) is 3.30. The van der Waals surface area contributed by atoms with Crippen molar-refractivity contribution in [3.05, 3.63) is 35.4 Å². The Balaban J connectivity index is 2.25. The molecule has 1 aliphatic rings. The van der Waals surface area contributed by atoms with Crippen molar-refractivity contribution >= 4 is 11.8 Å². The van der Waals surface area contributed by atoms with Crippen molar-refractivity contribution in [3.8, 4) is 17.3 Å². The van der Waals surface area contributed by atoms with Crippen LogP contribution in [0.3, 0.4) is 0 Å². The second-order valence-electron chi connectivity index (χ2n) is 4.66. The van der Waals surface area contributed by atoms with Crippen molar-refractivity contribution in [2.24, 2.45) is 0 Å². The highest BCUT2D eigenvalue weighted by molar-refractivity contribution is 5.75. The van der Waals surface area contributed by atoms with E-state index in [1.54, 1.807) is 0 Å². The molecule has 0 unspecified atom stereocenters. The molecule has 0 atom stereocenters. The van der Waals surface area contributed by atoms with E-state index in [4.69, 9.17) is 11.5 Å². The number of nitrogens with two attached hydrogens (primary N) is 2. The molecule has 1 heterocycles. The van der Waals surface area contributed by atoms with Crippen LogP contribution in [-0.2, 0) is 0 Å². The molecule has 1 aromatic carbocycles. The Bertz CT molecular complexity index is 683. The van der Waals surface area contributed by atoms with Crippen LogP contribution in [0.4, 0.5) is 11.8 Å². The normalized spacial score (nSPS) is 14.1. The van der Waals surface area contributed by atoms with Gasteiger partial charge in [0.25, 0.3) is 0 Å². The van der Waals surface area contributed by atoms with Crippen LogP contribution in [0.2, 0.25) is 0 Å². The first-order chi connectivity index (χ1) is 9.20. The van der Waals surface area contributed by atoms with Gasteiger partial charge in [0.1, 0.15) is 17.5 Å². The lowest BCUT2D eigenvalue weighted by atomic mass is 9.98. The van der Waals surface area contributed by atoms with Crippen molar-refractivity contribution < 1.29 is 0 Å². The molecular weight excluding hydrogens is 238 g/mol. The molecule has 3 rings (SSSR count). The molecule has 0 radical (unpaired) electrons. The fourth-order valence-corrected chi connectivity index (χ4v) is 2.26. The first-order valence-electron chi connectivity index (χ1n) is 6.13. The van der Waals surface area contributed by atoms with Crippen LogP contribution in [0.1, 0.15) is 29.9 Å². The average Bonchev–Trinajstić information content (AvgIpc) is 3.22. The van der Waals surface area contributed by atoms with Crippen molar-refractivity contribution in [2.75, 3.05) is 11.5 Å². The largest absolute Gasteiger partial charge is 0.382 e. The number of aromatic nitrogens is 2. The van der Waals surface area contributed by atoms with Gasteiger partial charge in [-0.25, -0.2) is 4.98 Å². The summed E-state index contributed by atoms with van der Waals surface area (Å²) in [5, 5.41) is 9.25. The molecule has 1 fully saturated rings.